The van der Waals surface area contributed by atoms with Gasteiger partial charge < -0.3 is 10.8 Å². The number of anilines is 1. The highest BCUT2D eigenvalue weighted by atomic mass is 32.2. The van der Waals surface area contributed by atoms with Gasteiger partial charge in [0.1, 0.15) is 0 Å². The molecule has 3 nitrogen and oxygen atoms in total. The fourth-order valence-electron chi connectivity index (χ4n) is 1.86. The zero-order valence-corrected chi connectivity index (χ0v) is 10.1. The number of nitrogens with zero attached hydrogens (tertiary/aromatic N) is 1. The maximum atomic E-state index is 9.06. The van der Waals surface area contributed by atoms with Crippen LogP contribution in [0, 0.1) is 5.92 Å². The molecule has 1 heterocycles. The number of nitrogens with two attached hydrogens (primary N) is 1. The number of piperidine rings is 1. The zero-order chi connectivity index (χ0) is 11.4. The molecule has 1 aromatic rings. The van der Waals surface area contributed by atoms with Crippen LogP contribution in [-0.4, -0.2) is 29.1 Å². The van der Waals surface area contributed by atoms with Crippen LogP contribution < -0.4 is 5.73 Å². The van der Waals surface area contributed by atoms with E-state index in [4.69, 9.17) is 10.8 Å². The van der Waals surface area contributed by atoms with Gasteiger partial charge >= 0.3 is 0 Å². The van der Waals surface area contributed by atoms with Crippen LogP contribution in [-0.2, 0) is 0 Å². The molecule has 0 aliphatic carbocycles. The summed E-state index contributed by atoms with van der Waals surface area (Å²) >= 11 is 1.78. The van der Waals surface area contributed by atoms with E-state index < -0.39 is 0 Å². The Kier molecular flexibility index (Phi) is 4.09. The van der Waals surface area contributed by atoms with E-state index >= 15 is 0 Å². The van der Waals surface area contributed by atoms with Crippen molar-refractivity contribution in [2.45, 2.75) is 17.7 Å². The van der Waals surface area contributed by atoms with Gasteiger partial charge in [-0.05, 0) is 55.0 Å². The normalized spacial score (nSPS) is 18.8. The fraction of sp³-hybridized carbons (Fsp3) is 0.500. The highest BCUT2D eigenvalue weighted by Crippen LogP contribution is 2.28. The van der Waals surface area contributed by atoms with Crippen molar-refractivity contribution in [3.8, 4) is 0 Å². The van der Waals surface area contributed by atoms with Crippen molar-refractivity contribution < 1.29 is 5.11 Å². The standard InChI is InChI=1S/C12H18N2OS/c13-11-1-3-12(4-2-11)16-14-7-5-10(9-15)6-8-14/h1-4,10,15H,5-9,13H2. The second-order valence-corrected chi connectivity index (χ2v) is 5.39. The Morgan fingerprint density at radius 1 is 1.25 bits per heavy atom. The summed E-state index contributed by atoms with van der Waals surface area (Å²) in [6, 6.07) is 7.97. The largest absolute Gasteiger partial charge is 0.399 e. The topological polar surface area (TPSA) is 49.5 Å². The molecule has 0 aromatic heterocycles. The Morgan fingerprint density at radius 2 is 1.88 bits per heavy atom. The molecule has 0 bridgehead atoms. The van der Waals surface area contributed by atoms with E-state index in [1.54, 1.807) is 11.9 Å². The summed E-state index contributed by atoms with van der Waals surface area (Å²) in [6.45, 7) is 2.45. The molecule has 1 aromatic carbocycles. The molecule has 16 heavy (non-hydrogen) atoms. The van der Waals surface area contributed by atoms with Gasteiger partial charge in [-0.15, -0.1) is 0 Å². The molecule has 1 fully saturated rings. The van der Waals surface area contributed by atoms with Gasteiger partial charge in [0.2, 0.25) is 0 Å². The van der Waals surface area contributed by atoms with Crippen LogP contribution in [0.25, 0.3) is 0 Å². The number of hydrogen-bond acceptors (Lipinski definition) is 4. The molecule has 0 saturated carbocycles. The smallest absolute Gasteiger partial charge is 0.0460 e. The van der Waals surface area contributed by atoms with Crippen molar-refractivity contribution in [3.05, 3.63) is 24.3 Å². The minimum atomic E-state index is 0.334. The lowest BCUT2D eigenvalue weighted by Gasteiger charge is -2.29. The molecule has 0 unspecified atom stereocenters. The van der Waals surface area contributed by atoms with E-state index in [0.717, 1.165) is 31.6 Å². The molecule has 0 atom stereocenters. The number of hydrogen-bond donors (Lipinski definition) is 2. The predicted molar refractivity (Wildman–Crippen MR) is 68.1 cm³/mol. The van der Waals surface area contributed by atoms with E-state index in [0.29, 0.717) is 12.5 Å². The van der Waals surface area contributed by atoms with Crippen LogP contribution in [0.5, 0.6) is 0 Å². The zero-order valence-electron chi connectivity index (χ0n) is 9.30. The Balaban J connectivity index is 1.84. The third-order valence-corrected chi connectivity index (χ3v) is 4.05. The summed E-state index contributed by atoms with van der Waals surface area (Å²) in [4.78, 5) is 1.23. The van der Waals surface area contributed by atoms with E-state index in [-0.39, 0.29) is 0 Å². The Hall–Kier alpha value is -0.710. The summed E-state index contributed by atoms with van der Waals surface area (Å²) < 4.78 is 2.36. The summed E-state index contributed by atoms with van der Waals surface area (Å²) in [5, 5.41) is 9.06. The first-order valence-corrected chi connectivity index (χ1v) is 6.44. The highest BCUT2D eigenvalue weighted by molar-refractivity contribution is 7.97. The van der Waals surface area contributed by atoms with Gasteiger partial charge in [-0.2, -0.15) is 0 Å². The third-order valence-electron chi connectivity index (χ3n) is 2.95. The number of aliphatic hydroxyl groups excluding tert-OH is 1. The maximum Gasteiger partial charge on any atom is 0.0460 e. The molecule has 3 N–H and O–H groups in total. The predicted octanol–water partition coefficient (Wildman–Crippen LogP) is 1.98. The van der Waals surface area contributed by atoms with Crippen molar-refractivity contribution in [1.82, 2.24) is 4.31 Å². The van der Waals surface area contributed by atoms with E-state index in [9.17, 15) is 0 Å². The lowest BCUT2D eigenvalue weighted by atomic mass is 10.00. The molecular formula is C12H18N2OS. The average molecular weight is 238 g/mol. The van der Waals surface area contributed by atoms with Gasteiger partial charge in [-0.1, -0.05) is 0 Å². The molecule has 2 rings (SSSR count). The van der Waals surface area contributed by atoms with Crippen molar-refractivity contribution in [3.63, 3.8) is 0 Å². The number of aliphatic hydroxyl groups is 1. The van der Waals surface area contributed by atoms with Gasteiger partial charge in [0.15, 0.2) is 0 Å². The molecule has 88 valence electrons. The molecule has 1 aliphatic rings. The first-order valence-electron chi connectivity index (χ1n) is 5.67. The fourth-order valence-corrected chi connectivity index (χ4v) is 2.81. The average Bonchev–Trinajstić information content (AvgIpc) is 2.33. The number of benzene rings is 1. The van der Waals surface area contributed by atoms with Crippen LogP contribution in [0.4, 0.5) is 5.69 Å². The van der Waals surface area contributed by atoms with Crippen LogP contribution in [0.3, 0.4) is 0 Å². The summed E-state index contributed by atoms with van der Waals surface area (Å²) in [7, 11) is 0. The number of nitrogen functional groups attached to an aromatic ring is 1. The Bertz CT molecular complexity index is 320. The molecule has 4 heteroatoms. The first kappa shape index (κ1) is 11.8. The minimum absolute atomic E-state index is 0.334. The van der Waals surface area contributed by atoms with Gasteiger partial charge in [0.05, 0.1) is 0 Å². The van der Waals surface area contributed by atoms with Gasteiger partial charge in [-0.25, -0.2) is 4.31 Å². The van der Waals surface area contributed by atoms with E-state index in [1.165, 1.54) is 4.90 Å². The SMILES string of the molecule is Nc1ccc(SN2CCC(CO)CC2)cc1. The minimum Gasteiger partial charge on any atom is -0.399 e. The lowest BCUT2D eigenvalue weighted by molar-refractivity contribution is 0.174. The van der Waals surface area contributed by atoms with E-state index in [2.05, 4.69) is 16.4 Å². The highest BCUT2D eigenvalue weighted by Gasteiger charge is 2.18. The first-order chi connectivity index (χ1) is 7.78. The second kappa shape index (κ2) is 5.57. The van der Waals surface area contributed by atoms with Crippen LogP contribution in [0.2, 0.25) is 0 Å². The summed E-state index contributed by atoms with van der Waals surface area (Å²) in [5.41, 5.74) is 6.45. The second-order valence-electron chi connectivity index (χ2n) is 4.22. The lowest BCUT2D eigenvalue weighted by Crippen LogP contribution is -2.29. The van der Waals surface area contributed by atoms with Crippen molar-refractivity contribution in [2.75, 3.05) is 25.4 Å². The van der Waals surface area contributed by atoms with Gasteiger partial charge in [0.25, 0.3) is 0 Å². The molecule has 0 amide bonds. The quantitative estimate of drug-likeness (QED) is 0.624. The Labute approximate surface area is 101 Å². The van der Waals surface area contributed by atoms with Crippen LogP contribution in [0.1, 0.15) is 12.8 Å². The molecular weight excluding hydrogens is 220 g/mol. The monoisotopic (exact) mass is 238 g/mol. The van der Waals surface area contributed by atoms with Crippen molar-refractivity contribution in [2.24, 2.45) is 5.92 Å². The van der Waals surface area contributed by atoms with Crippen LogP contribution in [0.15, 0.2) is 29.2 Å². The van der Waals surface area contributed by atoms with Crippen molar-refractivity contribution >= 4 is 17.6 Å². The summed E-state index contributed by atoms with van der Waals surface area (Å²) in [6.07, 6.45) is 2.19. The third kappa shape index (κ3) is 3.14. The Morgan fingerprint density at radius 3 is 2.44 bits per heavy atom. The molecule has 1 aliphatic heterocycles. The molecule has 1 saturated heterocycles. The van der Waals surface area contributed by atoms with Gasteiger partial charge in [-0.3, -0.25) is 0 Å². The maximum absolute atomic E-state index is 9.06. The van der Waals surface area contributed by atoms with Gasteiger partial charge in [0, 0.05) is 30.3 Å². The molecule has 0 radical (unpaired) electrons. The molecule has 0 spiro atoms. The summed E-state index contributed by atoms with van der Waals surface area (Å²) in [5.74, 6) is 0.503. The number of rotatable bonds is 3. The van der Waals surface area contributed by atoms with Crippen LogP contribution >= 0.6 is 11.9 Å². The van der Waals surface area contributed by atoms with Crippen molar-refractivity contribution in [1.29, 1.82) is 0 Å². The van der Waals surface area contributed by atoms with E-state index in [1.807, 2.05) is 12.1 Å².